The predicted molar refractivity (Wildman–Crippen MR) is 63.7 cm³/mol. The highest BCUT2D eigenvalue weighted by molar-refractivity contribution is 7.57. The van der Waals surface area contributed by atoms with Crippen molar-refractivity contribution in [3.63, 3.8) is 0 Å². The monoisotopic (exact) mass is 242 g/mol. The van der Waals surface area contributed by atoms with E-state index in [2.05, 4.69) is 0 Å². The Morgan fingerprint density at radius 1 is 1.06 bits per heavy atom. The van der Waals surface area contributed by atoms with Gasteiger partial charge >= 0.3 is 7.60 Å². The number of hydrogen-bond acceptors (Lipinski definition) is 4. The van der Waals surface area contributed by atoms with Crippen molar-refractivity contribution >= 4 is 13.7 Å². The topological polar surface area (TPSA) is 44.8 Å². The van der Waals surface area contributed by atoms with Crippen molar-refractivity contribution in [3.8, 4) is 5.75 Å². The van der Waals surface area contributed by atoms with E-state index in [0.717, 1.165) is 11.3 Å². The van der Waals surface area contributed by atoms with E-state index >= 15 is 0 Å². The van der Waals surface area contributed by atoms with Gasteiger partial charge in [0.25, 0.3) is 0 Å². The van der Waals surface area contributed by atoms with Gasteiger partial charge in [-0.2, -0.15) is 0 Å². The summed E-state index contributed by atoms with van der Waals surface area (Å²) < 4.78 is 26.3. The van der Waals surface area contributed by atoms with Crippen LogP contribution in [0.4, 0.5) is 0 Å². The first-order chi connectivity index (χ1) is 7.63. The molecule has 0 aliphatic heterocycles. The van der Waals surface area contributed by atoms with E-state index in [9.17, 15) is 4.57 Å². The van der Waals surface area contributed by atoms with E-state index < -0.39 is 7.60 Å². The lowest BCUT2D eigenvalue weighted by molar-refractivity contribution is 0.286. The van der Waals surface area contributed by atoms with Crippen molar-refractivity contribution in [2.24, 2.45) is 0 Å². The molecule has 0 N–H and O–H groups in total. The molecular formula is C11H15O4P. The molecule has 16 heavy (non-hydrogen) atoms. The van der Waals surface area contributed by atoms with Crippen LogP contribution in [-0.2, 0) is 13.6 Å². The maximum atomic E-state index is 11.7. The Hall–Kier alpha value is -1.09. The zero-order chi connectivity index (χ0) is 12.0. The molecule has 0 unspecified atom stereocenters. The van der Waals surface area contributed by atoms with E-state index in [4.69, 9.17) is 13.8 Å². The number of methoxy groups -OCH3 is 1. The van der Waals surface area contributed by atoms with Gasteiger partial charge in [-0.3, -0.25) is 4.57 Å². The second-order valence-electron chi connectivity index (χ2n) is 2.99. The third-order valence-electron chi connectivity index (χ3n) is 2.07. The summed E-state index contributed by atoms with van der Waals surface area (Å²) in [7, 11) is 1.23. The molecule has 0 saturated heterocycles. The van der Waals surface area contributed by atoms with Gasteiger partial charge in [0.2, 0.25) is 0 Å². The van der Waals surface area contributed by atoms with Crippen LogP contribution in [0.2, 0.25) is 0 Å². The number of benzene rings is 1. The molecule has 88 valence electrons. The molecule has 0 radical (unpaired) electrons. The minimum Gasteiger partial charge on any atom is -0.497 e. The highest BCUT2D eigenvalue weighted by Gasteiger charge is 2.15. The van der Waals surface area contributed by atoms with Crippen LogP contribution in [0.1, 0.15) is 5.56 Å². The molecule has 1 rings (SSSR count). The van der Waals surface area contributed by atoms with E-state index in [-0.39, 0.29) is 0 Å². The molecule has 0 bridgehead atoms. The highest BCUT2D eigenvalue weighted by atomic mass is 31.2. The fourth-order valence-electron chi connectivity index (χ4n) is 1.09. The van der Waals surface area contributed by atoms with Crippen LogP contribution >= 0.6 is 7.60 Å². The third kappa shape index (κ3) is 3.49. The summed E-state index contributed by atoms with van der Waals surface area (Å²) in [6, 6.07) is 7.35. The van der Waals surface area contributed by atoms with Crippen LogP contribution in [0, 0.1) is 0 Å². The molecule has 0 amide bonds. The number of hydrogen-bond donors (Lipinski definition) is 0. The SMILES string of the molecule is COc1ccc(/C=C/P(=O)(OC)OC)cc1. The van der Waals surface area contributed by atoms with Crippen molar-refractivity contribution in [3.05, 3.63) is 35.6 Å². The molecule has 0 fully saturated rings. The van der Waals surface area contributed by atoms with Crippen LogP contribution in [0.3, 0.4) is 0 Å². The Bertz CT molecular complexity index is 389. The van der Waals surface area contributed by atoms with Crippen LogP contribution < -0.4 is 4.74 Å². The second kappa shape index (κ2) is 5.85. The lowest BCUT2D eigenvalue weighted by atomic mass is 10.2. The summed E-state index contributed by atoms with van der Waals surface area (Å²) >= 11 is 0. The van der Waals surface area contributed by atoms with Crippen molar-refractivity contribution in [1.82, 2.24) is 0 Å². The van der Waals surface area contributed by atoms with Gasteiger partial charge in [-0.15, -0.1) is 0 Å². The fourth-order valence-corrected chi connectivity index (χ4v) is 1.84. The maximum absolute atomic E-state index is 11.7. The lowest BCUT2D eigenvalue weighted by Crippen LogP contribution is -1.84. The van der Waals surface area contributed by atoms with E-state index in [1.807, 2.05) is 24.3 Å². The minimum absolute atomic E-state index is 0.777. The summed E-state index contributed by atoms with van der Waals surface area (Å²) in [5.74, 6) is 2.20. The van der Waals surface area contributed by atoms with Crippen molar-refractivity contribution in [2.75, 3.05) is 21.3 Å². The van der Waals surface area contributed by atoms with Crippen LogP contribution in [0.5, 0.6) is 5.75 Å². The smallest absolute Gasteiger partial charge is 0.353 e. The van der Waals surface area contributed by atoms with Crippen LogP contribution in [-0.4, -0.2) is 21.3 Å². The third-order valence-corrected chi connectivity index (χ3v) is 3.61. The van der Waals surface area contributed by atoms with E-state index in [0.29, 0.717) is 0 Å². The van der Waals surface area contributed by atoms with Crippen LogP contribution in [0.25, 0.3) is 6.08 Å². The molecule has 0 heterocycles. The van der Waals surface area contributed by atoms with Gasteiger partial charge in [0.1, 0.15) is 5.75 Å². The zero-order valence-electron chi connectivity index (χ0n) is 9.54. The molecule has 0 aromatic heterocycles. The Balaban J connectivity index is 2.79. The van der Waals surface area contributed by atoms with Gasteiger partial charge in [-0.05, 0) is 23.8 Å². The summed E-state index contributed by atoms with van der Waals surface area (Å²) in [4.78, 5) is 0. The van der Waals surface area contributed by atoms with Gasteiger partial charge in [0, 0.05) is 20.0 Å². The Kier molecular flexibility index (Phi) is 4.74. The highest BCUT2D eigenvalue weighted by Crippen LogP contribution is 2.48. The quantitative estimate of drug-likeness (QED) is 0.744. The zero-order valence-corrected chi connectivity index (χ0v) is 10.4. The fraction of sp³-hybridized carbons (Fsp3) is 0.273. The van der Waals surface area contributed by atoms with Gasteiger partial charge in [0.05, 0.1) is 7.11 Å². The Labute approximate surface area is 95.4 Å². The molecule has 4 nitrogen and oxygen atoms in total. The normalized spacial score (nSPS) is 11.9. The summed E-state index contributed by atoms with van der Waals surface area (Å²) in [6.45, 7) is 0. The molecule has 0 spiro atoms. The van der Waals surface area contributed by atoms with E-state index in [1.165, 1.54) is 20.0 Å². The molecule has 5 heteroatoms. The number of rotatable bonds is 5. The first-order valence-corrected chi connectivity index (χ1v) is 6.29. The molecule has 1 aromatic rings. The Morgan fingerprint density at radius 2 is 1.62 bits per heavy atom. The van der Waals surface area contributed by atoms with E-state index in [1.54, 1.807) is 13.2 Å². The van der Waals surface area contributed by atoms with Crippen molar-refractivity contribution < 1.29 is 18.3 Å². The van der Waals surface area contributed by atoms with Crippen molar-refractivity contribution in [2.45, 2.75) is 0 Å². The second-order valence-corrected chi connectivity index (χ2v) is 5.10. The standard InChI is InChI=1S/C11H15O4P/c1-13-11-6-4-10(5-7-11)8-9-16(12,14-2)15-3/h4-9H,1-3H3/b9-8+. The molecule has 0 saturated carbocycles. The molecule has 1 aromatic carbocycles. The molecular weight excluding hydrogens is 227 g/mol. The summed E-state index contributed by atoms with van der Waals surface area (Å²) in [6.07, 6.45) is 1.69. The Morgan fingerprint density at radius 3 is 2.06 bits per heavy atom. The summed E-state index contributed by atoms with van der Waals surface area (Å²) in [5.41, 5.74) is 0.898. The first-order valence-electron chi connectivity index (χ1n) is 4.68. The van der Waals surface area contributed by atoms with Gasteiger partial charge in [-0.1, -0.05) is 12.1 Å². The average molecular weight is 242 g/mol. The van der Waals surface area contributed by atoms with Crippen LogP contribution in [0.15, 0.2) is 30.1 Å². The largest absolute Gasteiger partial charge is 0.497 e. The van der Waals surface area contributed by atoms with Gasteiger partial charge < -0.3 is 13.8 Å². The predicted octanol–water partition coefficient (Wildman–Crippen LogP) is 3.15. The lowest BCUT2D eigenvalue weighted by Gasteiger charge is -2.07. The maximum Gasteiger partial charge on any atom is 0.353 e. The molecule has 0 aliphatic rings. The molecule has 0 atom stereocenters. The van der Waals surface area contributed by atoms with Crippen molar-refractivity contribution in [1.29, 1.82) is 0 Å². The summed E-state index contributed by atoms with van der Waals surface area (Å²) in [5, 5.41) is 0. The average Bonchev–Trinajstić information content (AvgIpc) is 2.36. The number of ether oxygens (including phenoxy) is 1. The molecule has 0 aliphatic carbocycles. The van der Waals surface area contributed by atoms with Gasteiger partial charge in [-0.25, -0.2) is 0 Å². The first kappa shape index (κ1) is 13.0. The van der Waals surface area contributed by atoms with Gasteiger partial charge in [0.15, 0.2) is 0 Å². The minimum atomic E-state index is -3.08.